The molecule has 1 aromatic carbocycles. The van der Waals surface area contributed by atoms with E-state index in [4.69, 9.17) is 17.5 Å². The van der Waals surface area contributed by atoms with Gasteiger partial charge in [-0.25, -0.2) is 5.48 Å². The van der Waals surface area contributed by atoms with Crippen LogP contribution in [0.3, 0.4) is 0 Å². The van der Waals surface area contributed by atoms with Crippen molar-refractivity contribution in [2.75, 3.05) is 0 Å². The Kier molecular flexibility index (Phi) is 1.43. The molecule has 1 radical (unpaired) electrons. The Labute approximate surface area is 70.2 Å². The molecule has 1 heterocycles. The molecule has 0 atom stereocenters. The summed E-state index contributed by atoms with van der Waals surface area (Å²) >= 11 is 4.89. The fourth-order valence-corrected chi connectivity index (χ4v) is 1.14. The summed E-state index contributed by atoms with van der Waals surface area (Å²) < 4.78 is 0. The molecule has 0 fully saturated rings. The van der Waals surface area contributed by atoms with E-state index in [9.17, 15) is 0 Å². The van der Waals surface area contributed by atoms with Crippen LogP contribution in [0.4, 0.5) is 0 Å². The Morgan fingerprint density at radius 1 is 1.27 bits per heavy atom. The van der Waals surface area contributed by atoms with E-state index in [2.05, 4.69) is 5.48 Å². The van der Waals surface area contributed by atoms with Crippen molar-refractivity contribution in [3.8, 4) is 5.75 Å². The highest BCUT2D eigenvalue weighted by atomic mass is 32.1. The lowest BCUT2D eigenvalue weighted by atomic mass is 10.2. The van der Waals surface area contributed by atoms with Crippen molar-refractivity contribution in [1.29, 1.82) is 0 Å². The van der Waals surface area contributed by atoms with Gasteiger partial charge in [0.2, 0.25) is 0 Å². The van der Waals surface area contributed by atoms with E-state index in [1.807, 2.05) is 30.3 Å². The molecule has 1 N–H and O–H groups in total. The van der Waals surface area contributed by atoms with Gasteiger partial charge in [0.25, 0.3) is 0 Å². The summed E-state index contributed by atoms with van der Waals surface area (Å²) in [5, 5.41) is 0.615. The predicted octanol–water partition coefficient (Wildman–Crippen LogP) is 2.08. The normalized spacial score (nSPS) is 14.0. The van der Waals surface area contributed by atoms with Crippen LogP contribution in [0.15, 0.2) is 29.3 Å². The van der Waals surface area contributed by atoms with Gasteiger partial charge < -0.3 is 4.84 Å². The summed E-state index contributed by atoms with van der Waals surface area (Å²) in [6.45, 7) is 0. The monoisotopic (exact) mass is 164 g/mol. The second kappa shape index (κ2) is 2.43. The molecular weight excluding hydrogens is 158 g/mol. The second-order valence-corrected chi connectivity index (χ2v) is 2.69. The molecule has 0 spiro atoms. The third-order valence-corrected chi connectivity index (χ3v) is 1.67. The van der Waals surface area contributed by atoms with Gasteiger partial charge in [-0.05, 0) is 12.1 Å². The third kappa shape index (κ3) is 1.14. The van der Waals surface area contributed by atoms with E-state index in [-0.39, 0.29) is 0 Å². The lowest BCUT2D eigenvalue weighted by molar-refractivity contribution is 0.235. The topological polar surface area (TPSA) is 21.3 Å². The summed E-state index contributed by atoms with van der Waals surface area (Å²) in [4.78, 5) is 5.11. The molecule has 0 saturated carbocycles. The van der Waals surface area contributed by atoms with Crippen molar-refractivity contribution in [3.05, 3.63) is 34.9 Å². The Morgan fingerprint density at radius 2 is 2.09 bits per heavy atom. The highest BCUT2D eigenvalue weighted by molar-refractivity contribution is 7.84. The summed E-state index contributed by atoms with van der Waals surface area (Å²) in [6.07, 6.45) is 1.87. The van der Waals surface area contributed by atoms with Gasteiger partial charge in [0.1, 0.15) is 5.03 Å². The maximum Gasteiger partial charge on any atom is 0.162 e. The van der Waals surface area contributed by atoms with Crippen molar-refractivity contribution < 1.29 is 4.84 Å². The Morgan fingerprint density at radius 3 is 3.00 bits per heavy atom. The van der Waals surface area contributed by atoms with Crippen LogP contribution in [0, 0.1) is 0 Å². The zero-order valence-corrected chi connectivity index (χ0v) is 6.52. The fourth-order valence-electron chi connectivity index (χ4n) is 0.969. The van der Waals surface area contributed by atoms with Crippen LogP contribution >= 0.6 is 12.6 Å². The highest BCUT2D eigenvalue weighted by Crippen LogP contribution is 2.23. The van der Waals surface area contributed by atoms with Crippen LogP contribution in [-0.2, 0) is 0 Å². The summed E-state index contributed by atoms with van der Waals surface area (Å²) in [7, 11) is 0. The largest absolute Gasteiger partial charge is 0.381 e. The molecular formula is C8H6NOS. The number of benzene rings is 1. The zero-order valence-electron chi connectivity index (χ0n) is 5.70. The third-order valence-electron chi connectivity index (χ3n) is 1.47. The Balaban J connectivity index is 2.51. The van der Waals surface area contributed by atoms with Crippen LogP contribution in [0.5, 0.6) is 5.75 Å². The molecule has 2 nitrogen and oxygen atoms in total. The molecule has 1 aliphatic heterocycles. The first-order valence-corrected chi connectivity index (χ1v) is 3.68. The quantitative estimate of drug-likeness (QED) is 0.633. The molecule has 0 bridgehead atoms. The van der Waals surface area contributed by atoms with Crippen LogP contribution in [0.25, 0.3) is 6.08 Å². The maximum absolute atomic E-state index is 5.11. The van der Waals surface area contributed by atoms with E-state index in [0.717, 1.165) is 11.3 Å². The molecule has 0 amide bonds. The predicted molar refractivity (Wildman–Crippen MR) is 45.8 cm³/mol. The number of hydrogen-bond acceptors (Lipinski definition) is 2. The van der Waals surface area contributed by atoms with Gasteiger partial charge >= 0.3 is 0 Å². The number of nitrogens with one attached hydrogen (secondary N) is 1. The minimum Gasteiger partial charge on any atom is -0.381 e. The van der Waals surface area contributed by atoms with Crippen molar-refractivity contribution in [1.82, 2.24) is 5.48 Å². The maximum atomic E-state index is 5.11. The standard InChI is InChI=1S/C8H6NOS/c11-8-5-6-3-1-2-4-7(6)10-9-8/h1-5,9H. The van der Waals surface area contributed by atoms with E-state index < -0.39 is 0 Å². The minimum absolute atomic E-state index is 0.615. The molecule has 11 heavy (non-hydrogen) atoms. The molecule has 0 aromatic heterocycles. The van der Waals surface area contributed by atoms with E-state index in [1.54, 1.807) is 0 Å². The van der Waals surface area contributed by atoms with Crippen LogP contribution < -0.4 is 10.3 Å². The Hall–Kier alpha value is -1.22. The average molecular weight is 164 g/mol. The van der Waals surface area contributed by atoms with Gasteiger partial charge in [-0.15, -0.1) is 0 Å². The second-order valence-electron chi connectivity index (χ2n) is 2.25. The molecule has 0 saturated heterocycles. The number of rotatable bonds is 0. The molecule has 55 valence electrons. The van der Waals surface area contributed by atoms with Gasteiger partial charge in [0.05, 0.1) is 0 Å². The van der Waals surface area contributed by atoms with Crippen molar-refractivity contribution >= 4 is 18.7 Å². The van der Waals surface area contributed by atoms with Gasteiger partial charge in [-0.3, -0.25) is 0 Å². The van der Waals surface area contributed by atoms with Gasteiger partial charge in [0, 0.05) is 5.56 Å². The number of hydroxylamine groups is 1. The molecule has 0 unspecified atom stereocenters. The number of hydrogen-bond donors (Lipinski definition) is 1. The first-order valence-electron chi connectivity index (χ1n) is 3.27. The van der Waals surface area contributed by atoms with Crippen molar-refractivity contribution in [2.24, 2.45) is 0 Å². The van der Waals surface area contributed by atoms with Gasteiger partial charge in [0.15, 0.2) is 5.75 Å². The van der Waals surface area contributed by atoms with Crippen molar-refractivity contribution in [2.45, 2.75) is 0 Å². The summed E-state index contributed by atoms with van der Waals surface area (Å²) in [6, 6.07) is 7.72. The van der Waals surface area contributed by atoms with Gasteiger partial charge in [-0.1, -0.05) is 30.8 Å². The van der Waals surface area contributed by atoms with Crippen molar-refractivity contribution in [3.63, 3.8) is 0 Å². The molecule has 3 heteroatoms. The van der Waals surface area contributed by atoms with Crippen LogP contribution in [0.2, 0.25) is 0 Å². The smallest absolute Gasteiger partial charge is 0.162 e. The molecule has 0 aliphatic carbocycles. The lowest BCUT2D eigenvalue weighted by Gasteiger charge is -2.14. The minimum atomic E-state index is 0.615. The fraction of sp³-hybridized carbons (Fsp3) is 0. The summed E-state index contributed by atoms with van der Waals surface area (Å²) in [5.41, 5.74) is 3.64. The van der Waals surface area contributed by atoms with E-state index in [0.29, 0.717) is 5.03 Å². The average Bonchev–Trinajstić information content (AvgIpc) is 2.04. The number of para-hydroxylation sites is 1. The van der Waals surface area contributed by atoms with E-state index >= 15 is 0 Å². The van der Waals surface area contributed by atoms with Gasteiger partial charge in [-0.2, -0.15) is 0 Å². The first-order chi connectivity index (χ1) is 5.36. The summed E-state index contributed by atoms with van der Waals surface area (Å²) in [5.74, 6) is 0.820. The number of fused-ring (bicyclic) bond motifs is 1. The molecule has 2 rings (SSSR count). The van der Waals surface area contributed by atoms with Crippen LogP contribution in [0.1, 0.15) is 5.56 Å². The zero-order chi connectivity index (χ0) is 7.68. The van der Waals surface area contributed by atoms with E-state index in [1.165, 1.54) is 0 Å². The first kappa shape index (κ1) is 6.49. The Bertz CT molecular complexity index is 309. The molecule has 1 aliphatic rings. The lowest BCUT2D eigenvalue weighted by Crippen LogP contribution is -2.18. The highest BCUT2D eigenvalue weighted by Gasteiger charge is 2.06. The molecule has 1 aromatic rings. The SMILES string of the molecule is [S]C1=Cc2ccccc2ON1. The van der Waals surface area contributed by atoms with Crippen LogP contribution in [-0.4, -0.2) is 0 Å².